The Morgan fingerprint density at radius 2 is 1.74 bits per heavy atom. The number of aromatic amines is 1. The molecular weight excluding hydrogens is 501 g/mol. The van der Waals surface area contributed by atoms with E-state index in [1.165, 1.54) is 12.1 Å². The SMILES string of the molecule is CC(C)(CNC(=O)CCCc1nc(-c2ccc(C(F)(F)F)cc2)no1)CNc1n[nH]c(=O)c2ccccc12. The Labute approximate surface area is 215 Å². The van der Waals surface area contributed by atoms with Crippen molar-refractivity contribution in [3.05, 3.63) is 70.3 Å². The van der Waals surface area contributed by atoms with E-state index in [-0.39, 0.29) is 29.1 Å². The second-order valence-electron chi connectivity index (χ2n) is 9.68. The first-order valence-electron chi connectivity index (χ1n) is 12.0. The summed E-state index contributed by atoms with van der Waals surface area (Å²) in [4.78, 5) is 28.5. The number of benzene rings is 2. The van der Waals surface area contributed by atoms with Crippen molar-refractivity contribution in [2.75, 3.05) is 18.4 Å². The molecule has 2 aromatic carbocycles. The van der Waals surface area contributed by atoms with Crippen LogP contribution in [0.5, 0.6) is 0 Å². The van der Waals surface area contributed by atoms with Gasteiger partial charge in [-0.2, -0.15) is 23.3 Å². The summed E-state index contributed by atoms with van der Waals surface area (Å²) in [6.45, 7) is 4.91. The summed E-state index contributed by atoms with van der Waals surface area (Å²) in [5.41, 5.74) is -0.908. The van der Waals surface area contributed by atoms with E-state index in [2.05, 4.69) is 31.0 Å². The van der Waals surface area contributed by atoms with Crippen LogP contribution in [0.15, 0.2) is 57.8 Å². The number of aryl methyl sites for hydroxylation is 1. The zero-order valence-electron chi connectivity index (χ0n) is 20.9. The lowest BCUT2D eigenvalue weighted by molar-refractivity contribution is -0.137. The van der Waals surface area contributed by atoms with E-state index < -0.39 is 11.7 Å². The zero-order valence-corrected chi connectivity index (χ0v) is 20.9. The summed E-state index contributed by atoms with van der Waals surface area (Å²) in [6, 6.07) is 11.7. The molecule has 0 saturated heterocycles. The second kappa shape index (κ2) is 11.0. The van der Waals surface area contributed by atoms with Crippen molar-refractivity contribution in [2.45, 2.75) is 39.3 Å². The number of amides is 1. The molecule has 0 fully saturated rings. The fourth-order valence-electron chi connectivity index (χ4n) is 3.74. The van der Waals surface area contributed by atoms with Crippen molar-refractivity contribution in [1.82, 2.24) is 25.7 Å². The van der Waals surface area contributed by atoms with Crippen LogP contribution in [-0.4, -0.2) is 39.3 Å². The number of nitrogens with zero attached hydrogens (tertiary/aromatic N) is 3. The van der Waals surface area contributed by atoms with Crippen LogP contribution in [-0.2, 0) is 17.4 Å². The highest BCUT2D eigenvalue weighted by atomic mass is 19.4. The van der Waals surface area contributed by atoms with Crippen LogP contribution in [0, 0.1) is 5.41 Å². The van der Waals surface area contributed by atoms with Gasteiger partial charge in [0.2, 0.25) is 17.6 Å². The van der Waals surface area contributed by atoms with Gasteiger partial charge in [0, 0.05) is 36.9 Å². The third kappa shape index (κ3) is 6.75. The van der Waals surface area contributed by atoms with Crippen LogP contribution in [0.25, 0.3) is 22.2 Å². The number of halogens is 3. The Bertz CT molecular complexity index is 1460. The summed E-state index contributed by atoms with van der Waals surface area (Å²) in [5, 5.41) is 17.9. The van der Waals surface area contributed by atoms with Crippen LogP contribution < -0.4 is 16.2 Å². The summed E-state index contributed by atoms with van der Waals surface area (Å²) >= 11 is 0. The maximum absolute atomic E-state index is 12.7. The fourth-order valence-corrected chi connectivity index (χ4v) is 3.74. The maximum Gasteiger partial charge on any atom is 0.416 e. The van der Waals surface area contributed by atoms with Gasteiger partial charge < -0.3 is 15.2 Å². The van der Waals surface area contributed by atoms with Crippen molar-refractivity contribution in [3.63, 3.8) is 0 Å². The standard InChI is InChI=1S/C26H27F3N6O3/c1-25(2,15-31-23-18-6-3-4-7-19(18)24(37)34-33-23)14-30-20(36)8-5-9-21-32-22(35-38-21)16-10-12-17(13-11-16)26(27,28)29/h3-4,6-7,10-13H,5,8-9,14-15H2,1-2H3,(H,30,36)(H,31,33)(H,34,37). The van der Waals surface area contributed by atoms with Crippen LogP contribution in [0.1, 0.15) is 38.1 Å². The first-order chi connectivity index (χ1) is 18.0. The largest absolute Gasteiger partial charge is 0.416 e. The molecular formula is C26H27F3N6O3. The topological polar surface area (TPSA) is 126 Å². The van der Waals surface area contributed by atoms with Gasteiger partial charge in [0.1, 0.15) is 0 Å². The Morgan fingerprint density at radius 1 is 1.03 bits per heavy atom. The first kappa shape index (κ1) is 26.8. The van der Waals surface area contributed by atoms with Gasteiger partial charge in [-0.3, -0.25) is 9.59 Å². The monoisotopic (exact) mass is 528 g/mol. The maximum atomic E-state index is 12.7. The lowest BCUT2D eigenvalue weighted by Gasteiger charge is -2.25. The normalized spacial score (nSPS) is 12.0. The fraction of sp³-hybridized carbons (Fsp3) is 0.346. The number of anilines is 1. The minimum atomic E-state index is -4.41. The Balaban J connectivity index is 1.22. The molecule has 0 radical (unpaired) electrons. The lowest BCUT2D eigenvalue weighted by Crippen LogP contribution is -2.38. The number of aromatic nitrogens is 4. The quantitative estimate of drug-likeness (QED) is 0.275. The molecule has 0 atom stereocenters. The number of carbonyl (C=O) groups is 1. The summed E-state index contributed by atoms with van der Waals surface area (Å²) in [6.07, 6.45) is -3.35. The van der Waals surface area contributed by atoms with Gasteiger partial charge in [-0.05, 0) is 30.0 Å². The third-order valence-corrected chi connectivity index (χ3v) is 5.93. The van der Waals surface area contributed by atoms with Crippen molar-refractivity contribution >= 4 is 22.5 Å². The van der Waals surface area contributed by atoms with E-state index in [4.69, 9.17) is 4.52 Å². The van der Waals surface area contributed by atoms with Crippen LogP contribution >= 0.6 is 0 Å². The predicted molar refractivity (Wildman–Crippen MR) is 135 cm³/mol. The Morgan fingerprint density at radius 3 is 2.45 bits per heavy atom. The van der Waals surface area contributed by atoms with Gasteiger partial charge in [0.05, 0.1) is 10.9 Å². The Kier molecular flexibility index (Phi) is 7.79. The Hall–Kier alpha value is -4.22. The van der Waals surface area contributed by atoms with Gasteiger partial charge in [-0.15, -0.1) is 0 Å². The molecule has 38 heavy (non-hydrogen) atoms. The van der Waals surface area contributed by atoms with E-state index in [1.54, 1.807) is 12.1 Å². The molecule has 0 aliphatic heterocycles. The number of H-pyrrole nitrogens is 1. The van der Waals surface area contributed by atoms with Crippen molar-refractivity contribution < 1.29 is 22.5 Å². The molecule has 0 unspecified atom stereocenters. The average Bonchev–Trinajstić information content (AvgIpc) is 3.36. The van der Waals surface area contributed by atoms with Crippen molar-refractivity contribution in [1.29, 1.82) is 0 Å². The van der Waals surface area contributed by atoms with Gasteiger partial charge in [-0.25, -0.2) is 5.10 Å². The number of hydrogen-bond donors (Lipinski definition) is 3. The first-order valence-corrected chi connectivity index (χ1v) is 12.0. The summed E-state index contributed by atoms with van der Waals surface area (Å²) in [5.74, 6) is 0.929. The number of nitrogens with one attached hydrogen (secondary N) is 3. The molecule has 2 aromatic heterocycles. The highest BCUT2D eigenvalue weighted by Gasteiger charge is 2.30. The van der Waals surface area contributed by atoms with E-state index in [9.17, 15) is 22.8 Å². The van der Waals surface area contributed by atoms with Crippen LogP contribution in [0.3, 0.4) is 0 Å². The molecule has 0 saturated carbocycles. The zero-order chi connectivity index (χ0) is 27.3. The molecule has 0 aliphatic carbocycles. The number of alkyl halides is 3. The highest BCUT2D eigenvalue weighted by molar-refractivity contribution is 5.90. The van der Waals surface area contributed by atoms with Crippen LogP contribution in [0.4, 0.5) is 19.0 Å². The molecule has 0 spiro atoms. The minimum Gasteiger partial charge on any atom is -0.368 e. The average molecular weight is 529 g/mol. The van der Waals surface area contributed by atoms with Crippen molar-refractivity contribution in [3.8, 4) is 11.4 Å². The molecule has 12 heteroatoms. The van der Waals surface area contributed by atoms with E-state index in [1.807, 2.05) is 26.0 Å². The van der Waals surface area contributed by atoms with Gasteiger partial charge >= 0.3 is 6.18 Å². The number of hydrogen-bond acceptors (Lipinski definition) is 7. The molecule has 4 rings (SSSR count). The molecule has 3 N–H and O–H groups in total. The van der Waals surface area contributed by atoms with E-state index >= 15 is 0 Å². The second-order valence-corrected chi connectivity index (χ2v) is 9.68. The molecule has 0 bridgehead atoms. The number of carbonyl (C=O) groups excluding carboxylic acids is 1. The van der Waals surface area contributed by atoms with Crippen molar-refractivity contribution in [2.24, 2.45) is 5.41 Å². The number of fused-ring (bicyclic) bond motifs is 1. The summed E-state index contributed by atoms with van der Waals surface area (Å²) in [7, 11) is 0. The van der Waals surface area contributed by atoms with Gasteiger partial charge in [0.15, 0.2) is 5.82 Å². The van der Waals surface area contributed by atoms with Gasteiger partial charge in [-0.1, -0.05) is 49.3 Å². The third-order valence-electron chi connectivity index (χ3n) is 5.93. The van der Waals surface area contributed by atoms with Gasteiger partial charge in [0.25, 0.3) is 5.56 Å². The number of rotatable bonds is 10. The van der Waals surface area contributed by atoms with Crippen LogP contribution in [0.2, 0.25) is 0 Å². The molecule has 4 aromatic rings. The molecule has 200 valence electrons. The molecule has 9 nitrogen and oxygen atoms in total. The summed E-state index contributed by atoms with van der Waals surface area (Å²) < 4.78 is 43.3. The minimum absolute atomic E-state index is 0.131. The van der Waals surface area contributed by atoms with E-state index in [0.29, 0.717) is 48.6 Å². The predicted octanol–water partition coefficient (Wildman–Crippen LogP) is 4.57. The molecule has 2 heterocycles. The highest BCUT2D eigenvalue weighted by Crippen LogP contribution is 2.30. The smallest absolute Gasteiger partial charge is 0.368 e. The molecule has 0 aliphatic rings. The molecule has 1 amide bonds. The lowest BCUT2D eigenvalue weighted by atomic mass is 9.93. The van der Waals surface area contributed by atoms with E-state index in [0.717, 1.165) is 17.5 Å².